The lowest BCUT2D eigenvalue weighted by Gasteiger charge is -2.42. The summed E-state index contributed by atoms with van der Waals surface area (Å²) in [5.41, 5.74) is 1.94. The van der Waals surface area contributed by atoms with Crippen LogP contribution in [-0.4, -0.2) is 74.9 Å². The van der Waals surface area contributed by atoms with Crippen molar-refractivity contribution < 1.29 is 9.53 Å². The van der Waals surface area contributed by atoms with Gasteiger partial charge in [-0.1, -0.05) is 0 Å². The first-order chi connectivity index (χ1) is 15.4. The quantitative estimate of drug-likeness (QED) is 0.601. The van der Waals surface area contributed by atoms with E-state index in [-0.39, 0.29) is 29.2 Å². The molecule has 9 nitrogen and oxygen atoms in total. The van der Waals surface area contributed by atoms with Gasteiger partial charge in [0.1, 0.15) is 5.56 Å². The normalized spacial score (nSPS) is 18.8. The van der Waals surface area contributed by atoms with Gasteiger partial charge >= 0.3 is 0 Å². The molecule has 168 valence electrons. The van der Waals surface area contributed by atoms with Crippen LogP contribution >= 0.6 is 0 Å². The predicted octanol–water partition coefficient (Wildman–Crippen LogP) is 1.42. The number of amides is 1. The topological polar surface area (TPSA) is 85.5 Å². The molecule has 4 rings (SSSR count). The van der Waals surface area contributed by atoms with Gasteiger partial charge in [0.15, 0.2) is 0 Å². The van der Waals surface area contributed by atoms with E-state index in [2.05, 4.69) is 10.1 Å². The molecule has 0 saturated carbocycles. The molecular weight excluding hydrogens is 408 g/mol. The molecule has 0 bridgehead atoms. The standard InChI is InChI=1S/C23H28N6O3/c1-16-7-9-28(18-6-5-8-24-13-18)22(30)20(16)23(31)29-10-11-32-19(15-26(2)3)21(29)17-12-25-27(4)14-17/h5-9,12-14,19,21H,10-11,15H2,1-4H3/t19-,21-/m0/s1. The Kier molecular flexibility index (Phi) is 6.20. The number of aromatic nitrogens is 4. The number of carbonyl (C=O) groups excluding carboxylic acids is 1. The largest absolute Gasteiger partial charge is 0.373 e. The van der Waals surface area contributed by atoms with Crippen LogP contribution in [0.1, 0.15) is 27.5 Å². The molecule has 1 aliphatic rings. The van der Waals surface area contributed by atoms with Crippen LogP contribution in [0.25, 0.3) is 5.69 Å². The number of nitrogens with zero attached hydrogens (tertiary/aromatic N) is 6. The smallest absolute Gasteiger partial charge is 0.268 e. The molecule has 0 spiro atoms. The molecule has 0 aliphatic carbocycles. The highest BCUT2D eigenvalue weighted by Gasteiger charge is 2.39. The fourth-order valence-corrected chi connectivity index (χ4v) is 4.19. The first-order valence-corrected chi connectivity index (χ1v) is 10.6. The number of aryl methyl sites for hydroxylation is 2. The molecule has 0 aromatic carbocycles. The van der Waals surface area contributed by atoms with Crippen LogP contribution in [0.4, 0.5) is 0 Å². The fourth-order valence-electron chi connectivity index (χ4n) is 4.19. The first-order valence-electron chi connectivity index (χ1n) is 10.6. The highest BCUT2D eigenvalue weighted by atomic mass is 16.5. The first kappa shape index (κ1) is 21.9. The molecule has 2 atom stereocenters. The predicted molar refractivity (Wildman–Crippen MR) is 120 cm³/mol. The maximum absolute atomic E-state index is 13.8. The Balaban J connectivity index is 1.78. The van der Waals surface area contributed by atoms with E-state index in [0.717, 1.165) is 5.56 Å². The Morgan fingerprint density at radius 2 is 2.09 bits per heavy atom. The summed E-state index contributed by atoms with van der Waals surface area (Å²) in [6.45, 7) is 3.22. The van der Waals surface area contributed by atoms with Crippen molar-refractivity contribution in [1.82, 2.24) is 29.1 Å². The average Bonchev–Trinajstić information content (AvgIpc) is 3.19. The molecule has 1 aliphatic heterocycles. The van der Waals surface area contributed by atoms with Gasteiger partial charge in [0, 0.05) is 44.3 Å². The molecular formula is C23H28N6O3. The summed E-state index contributed by atoms with van der Waals surface area (Å²) in [4.78, 5) is 35.1. The summed E-state index contributed by atoms with van der Waals surface area (Å²) >= 11 is 0. The van der Waals surface area contributed by atoms with Gasteiger partial charge in [-0.25, -0.2) is 0 Å². The lowest BCUT2D eigenvalue weighted by atomic mass is 9.98. The Bertz CT molecular complexity index is 1150. The number of ether oxygens (including phenoxy) is 1. The summed E-state index contributed by atoms with van der Waals surface area (Å²) < 4.78 is 9.24. The minimum atomic E-state index is -0.358. The zero-order chi connectivity index (χ0) is 22.8. The number of rotatable bonds is 5. The third-order valence-electron chi connectivity index (χ3n) is 5.66. The van der Waals surface area contributed by atoms with Gasteiger partial charge in [-0.3, -0.25) is 23.8 Å². The Morgan fingerprint density at radius 3 is 2.75 bits per heavy atom. The highest BCUT2D eigenvalue weighted by Crippen LogP contribution is 2.31. The van der Waals surface area contributed by atoms with Crippen LogP contribution in [0.15, 0.2) is 54.0 Å². The van der Waals surface area contributed by atoms with Crippen molar-refractivity contribution in [2.45, 2.75) is 19.1 Å². The van der Waals surface area contributed by atoms with Crippen LogP contribution < -0.4 is 5.56 Å². The molecule has 4 heterocycles. The molecule has 3 aromatic rings. The van der Waals surface area contributed by atoms with Crippen LogP contribution in [-0.2, 0) is 11.8 Å². The van der Waals surface area contributed by atoms with Crippen molar-refractivity contribution >= 4 is 5.91 Å². The minimum absolute atomic E-state index is 0.163. The van der Waals surface area contributed by atoms with Gasteiger partial charge in [0.05, 0.1) is 36.8 Å². The zero-order valence-corrected chi connectivity index (χ0v) is 18.8. The molecule has 9 heteroatoms. The lowest BCUT2D eigenvalue weighted by Crippen LogP contribution is -2.52. The Morgan fingerprint density at radius 1 is 1.28 bits per heavy atom. The summed E-state index contributed by atoms with van der Waals surface area (Å²) in [6, 6.07) is 4.99. The van der Waals surface area contributed by atoms with E-state index < -0.39 is 0 Å². The number of likely N-dealkylation sites (N-methyl/N-ethyl adjacent to an activating group) is 1. The van der Waals surface area contributed by atoms with E-state index in [9.17, 15) is 9.59 Å². The molecule has 0 N–H and O–H groups in total. The molecule has 3 aromatic heterocycles. The second-order valence-corrected chi connectivity index (χ2v) is 8.32. The Labute approximate surface area is 186 Å². The molecule has 0 unspecified atom stereocenters. The molecule has 32 heavy (non-hydrogen) atoms. The van der Waals surface area contributed by atoms with E-state index in [4.69, 9.17) is 4.74 Å². The van der Waals surface area contributed by atoms with Crippen molar-refractivity contribution in [2.24, 2.45) is 7.05 Å². The maximum atomic E-state index is 13.8. The fraction of sp³-hybridized carbons (Fsp3) is 0.391. The number of carbonyl (C=O) groups is 1. The van der Waals surface area contributed by atoms with Crippen molar-refractivity contribution in [2.75, 3.05) is 33.8 Å². The summed E-state index contributed by atoms with van der Waals surface area (Å²) in [6.07, 6.45) is 8.34. The molecule has 1 fully saturated rings. The maximum Gasteiger partial charge on any atom is 0.268 e. The SMILES string of the molecule is Cc1ccn(-c2cccnc2)c(=O)c1C(=O)N1CCO[C@@H](CN(C)C)[C@@H]1c1cnn(C)c1. The van der Waals surface area contributed by atoms with E-state index >= 15 is 0 Å². The summed E-state index contributed by atoms with van der Waals surface area (Å²) in [5.74, 6) is -0.299. The van der Waals surface area contributed by atoms with Gasteiger partial charge in [-0.2, -0.15) is 5.10 Å². The van der Waals surface area contributed by atoms with Gasteiger partial charge in [-0.15, -0.1) is 0 Å². The van der Waals surface area contributed by atoms with E-state index in [0.29, 0.717) is 30.9 Å². The van der Waals surface area contributed by atoms with E-state index in [1.54, 1.807) is 59.5 Å². The summed E-state index contributed by atoms with van der Waals surface area (Å²) in [7, 11) is 5.78. The lowest BCUT2D eigenvalue weighted by molar-refractivity contribution is -0.0685. The van der Waals surface area contributed by atoms with Crippen LogP contribution in [0.5, 0.6) is 0 Å². The van der Waals surface area contributed by atoms with Crippen molar-refractivity contribution in [3.8, 4) is 5.69 Å². The third kappa shape index (κ3) is 4.21. The van der Waals surface area contributed by atoms with Crippen molar-refractivity contribution in [1.29, 1.82) is 0 Å². The number of hydrogen-bond acceptors (Lipinski definition) is 6. The molecule has 1 saturated heterocycles. The minimum Gasteiger partial charge on any atom is -0.373 e. The second-order valence-electron chi connectivity index (χ2n) is 8.32. The van der Waals surface area contributed by atoms with Crippen molar-refractivity contribution in [3.63, 3.8) is 0 Å². The second kappa shape index (κ2) is 9.05. The Hall–Kier alpha value is -3.30. The van der Waals surface area contributed by atoms with Crippen molar-refractivity contribution in [3.05, 3.63) is 76.2 Å². The number of morpholine rings is 1. The van der Waals surface area contributed by atoms with Crippen LogP contribution in [0.3, 0.4) is 0 Å². The number of pyridine rings is 2. The van der Waals surface area contributed by atoms with E-state index in [1.165, 1.54) is 4.57 Å². The van der Waals surface area contributed by atoms with Crippen LogP contribution in [0, 0.1) is 6.92 Å². The van der Waals surface area contributed by atoms with Gasteiger partial charge in [0.2, 0.25) is 0 Å². The third-order valence-corrected chi connectivity index (χ3v) is 5.66. The van der Waals surface area contributed by atoms with Gasteiger partial charge in [-0.05, 0) is 44.8 Å². The van der Waals surface area contributed by atoms with E-state index in [1.807, 2.05) is 32.2 Å². The molecule has 0 radical (unpaired) electrons. The number of hydrogen-bond donors (Lipinski definition) is 0. The molecule has 1 amide bonds. The monoisotopic (exact) mass is 436 g/mol. The van der Waals surface area contributed by atoms with Gasteiger partial charge in [0.25, 0.3) is 11.5 Å². The summed E-state index contributed by atoms with van der Waals surface area (Å²) in [5, 5.41) is 4.30. The highest BCUT2D eigenvalue weighted by molar-refractivity contribution is 5.95. The van der Waals surface area contributed by atoms with Gasteiger partial charge < -0.3 is 14.5 Å². The zero-order valence-electron chi connectivity index (χ0n) is 18.8. The average molecular weight is 437 g/mol. The van der Waals surface area contributed by atoms with Crippen LogP contribution in [0.2, 0.25) is 0 Å².